The fourth-order valence-electron chi connectivity index (χ4n) is 2.73. The first kappa shape index (κ1) is 13.3. The van der Waals surface area contributed by atoms with E-state index < -0.39 is 0 Å². The summed E-state index contributed by atoms with van der Waals surface area (Å²) in [6.45, 7) is 3.76. The van der Waals surface area contributed by atoms with E-state index in [-0.39, 0.29) is 30.2 Å². The van der Waals surface area contributed by atoms with Crippen molar-refractivity contribution in [3.8, 4) is 0 Å². The second-order valence-electron chi connectivity index (χ2n) is 5.00. The number of carbonyl (C=O) groups excluding carboxylic acids is 1. The molecule has 1 heterocycles. The van der Waals surface area contributed by atoms with Crippen LogP contribution in [0.2, 0.25) is 0 Å². The smallest absolute Gasteiger partial charge is 0.251 e. The molecule has 0 bridgehead atoms. The van der Waals surface area contributed by atoms with E-state index in [0.29, 0.717) is 17.4 Å². The molecule has 1 aliphatic carbocycles. The van der Waals surface area contributed by atoms with E-state index in [1.165, 1.54) is 12.1 Å². The molecule has 2 aliphatic rings. The van der Waals surface area contributed by atoms with Crippen molar-refractivity contribution in [2.45, 2.75) is 13.0 Å². The number of halogens is 2. The molecule has 1 aromatic rings. The van der Waals surface area contributed by atoms with E-state index in [0.717, 1.165) is 18.7 Å². The van der Waals surface area contributed by atoms with Gasteiger partial charge in [0.05, 0.1) is 0 Å². The maximum absolute atomic E-state index is 13.2. The summed E-state index contributed by atoms with van der Waals surface area (Å²) in [5.41, 5.74) is 1.19. The van der Waals surface area contributed by atoms with Gasteiger partial charge in [-0.05, 0) is 42.5 Å². The monoisotopic (exact) mass is 270 g/mol. The molecule has 98 valence electrons. The highest BCUT2D eigenvalue weighted by Gasteiger charge is 2.53. The highest BCUT2D eigenvalue weighted by atomic mass is 35.5. The number of nitrogens with one attached hydrogen (secondary N) is 2. The largest absolute Gasteiger partial charge is 0.349 e. The molecule has 2 fully saturated rings. The van der Waals surface area contributed by atoms with Crippen molar-refractivity contribution >= 4 is 18.3 Å². The van der Waals surface area contributed by atoms with Crippen LogP contribution in [0.15, 0.2) is 18.2 Å². The van der Waals surface area contributed by atoms with Crippen LogP contribution in [-0.2, 0) is 0 Å². The molecule has 3 rings (SSSR count). The van der Waals surface area contributed by atoms with Gasteiger partial charge in [-0.1, -0.05) is 0 Å². The number of hydrogen-bond acceptors (Lipinski definition) is 2. The first-order chi connectivity index (χ1) is 8.15. The Labute approximate surface area is 112 Å². The van der Waals surface area contributed by atoms with Gasteiger partial charge in [0, 0.05) is 24.7 Å². The minimum atomic E-state index is -0.354. The summed E-state index contributed by atoms with van der Waals surface area (Å²) < 4.78 is 13.2. The van der Waals surface area contributed by atoms with Gasteiger partial charge in [0.25, 0.3) is 5.91 Å². The number of rotatable bonds is 2. The Hall–Kier alpha value is -1.13. The Bertz CT molecular complexity index is 450. The van der Waals surface area contributed by atoms with Crippen LogP contribution >= 0.6 is 12.4 Å². The number of benzene rings is 1. The van der Waals surface area contributed by atoms with E-state index in [2.05, 4.69) is 10.6 Å². The van der Waals surface area contributed by atoms with E-state index in [9.17, 15) is 9.18 Å². The normalized spacial score (nSPS) is 28.2. The molecule has 0 radical (unpaired) electrons. The summed E-state index contributed by atoms with van der Waals surface area (Å²) in [5.74, 6) is 0.641. The summed E-state index contributed by atoms with van der Waals surface area (Å²) >= 11 is 0. The van der Waals surface area contributed by atoms with Crippen LogP contribution in [0.4, 0.5) is 4.39 Å². The van der Waals surface area contributed by atoms with Gasteiger partial charge < -0.3 is 10.6 Å². The number of carbonyl (C=O) groups is 1. The van der Waals surface area contributed by atoms with Gasteiger partial charge in [0.2, 0.25) is 0 Å². The van der Waals surface area contributed by atoms with E-state index in [1.54, 1.807) is 13.0 Å². The molecular formula is C13H16ClFN2O. The lowest BCUT2D eigenvalue weighted by atomic mass is 10.1. The summed E-state index contributed by atoms with van der Waals surface area (Å²) in [4.78, 5) is 11.9. The van der Waals surface area contributed by atoms with Crippen LogP contribution in [0.5, 0.6) is 0 Å². The van der Waals surface area contributed by atoms with Gasteiger partial charge in [-0.15, -0.1) is 12.4 Å². The van der Waals surface area contributed by atoms with Gasteiger partial charge in [0.15, 0.2) is 0 Å². The predicted molar refractivity (Wildman–Crippen MR) is 69.5 cm³/mol. The number of amides is 1. The fourth-order valence-corrected chi connectivity index (χ4v) is 2.73. The van der Waals surface area contributed by atoms with Crippen LogP contribution < -0.4 is 10.6 Å². The molecule has 0 aromatic heterocycles. The minimum Gasteiger partial charge on any atom is -0.349 e. The lowest BCUT2D eigenvalue weighted by molar-refractivity contribution is 0.0946. The van der Waals surface area contributed by atoms with Crippen LogP contribution in [0.3, 0.4) is 0 Å². The van der Waals surface area contributed by atoms with Gasteiger partial charge in [-0.2, -0.15) is 0 Å². The summed E-state index contributed by atoms with van der Waals surface area (Å²) in [6, 6.07) is 4.72. The second-order valence-corrected chi connectivity index (χ2v) is 5.00. The topological polar surface area (TPSA) is 41.1 Å². The maximum Gasteiger partial charge on any atom is 0.251 e. The molecule has 18 heavy (non-hydrogen) atoms. The Balaban J connectivity index is 0.00000120. The molecule has 1 saturated carbocycles. The van der Waals surface area contributed by atoms with Gasteiger partial charge in [0.1, 0.15) is 5.82 Å². The van der Waals surface area contributed by atoms with Crippen LogP contribution in [0.1, 0.15) is 15.9 Å². The standard InChI is InChI=1S/C13H15FN2O.ClH/c1-7-2-8(4-9(14)3-7)13(17)16-12-10-5-15-6-11(10)12;/h2-4,10-12,15H,5-6H2,1H3,(H,16,17);1H. The average molecular weight is 271 g/mol. The van der Waals surface area contributed by atoms with Gasteiger partial charge in [-0.25, -0.2) is 4.39 Å². The quantitative estimate of drug-likeness (QED) is 0.855. The Morgan fingerprint density at radius 2 is 2.00 bits per heavy atom. The average Bonchev–Trinajstić information content (AvgIpc) is 2.73. The number of hydrogen-bond donors (Lipinski definition) is 2. The van der Waals surface area contributed by atoms with Crippen molar-refractivity contribution in [2.24, 2.45) is 11.8 Å². The summed E-state index contributed by atoms with van der Waals surface area (Å²) in [6.07, 6.45) is 0. The SMILES string of the molecule is Cc1cc(F)cc(C(=O)NC2C3CNCC32)c1.Cl. The predicted octanol–water partition coefficient (Wildman–Crippen LogP) is 1.50. The van der Waals surface area contributed by atoms with E-state index >= 15 is 0 Å². The molecular weight excluding hydrogens is 255 g/mol. The lowest BCUT2D eigenvalue weighted by Crippen LogP contribution is -2.32. The van der Waals surface area contributed by atoms with Crippen molar-refractivity contribution < 1.29 is 9.18 Å². The zero-order valence-electron chi connectivity index (χ0n) is 10.1. The van der Waals surface area contributed by atoms with Gasteiger partial charge in [-0.3, -0.25) is 4.79 Å². The second kappa shape index (κ2) is 4.86. The molecule has 3 nitrogen and oxygen atoms in total. The molecule has 2 N–H and O–H groups in total. The molecule has 2 atom stereocenters. The van der Waals surface area contributed by atoms with E-state index in [4.69, 9.17) is 0 Å². The number of aryl methyl sites for hydroxylation is 1. The van der Waals surface area contributed by atoms with Crippen LogP contribution in [0.25, 0.3) is 0 Å². The molecule has 0 spiro atoms. The zero-order valence-corrected chi connectivity index (χ0v) is 10.9. The van der Waals surface area contributed by atoms with Gasteiger partial charge >= 0.3 is 0 Å². The van der Waals surface area contributed by atoms with Crippen LogP contribution in [0, 0.1) is 24.6 Å². The third-order valence-corrected chi connectivity index (χ3v) is 3.69. The Morgan fingerprint density at radius 3 is 2.61 bits per heavy atom. The fraction of sp³-hybridized carbons (Fsp3) is 0.462. The first-order valence-corrected chi connectivity index (χ1v) is 5.94. The van der Waals surface area contributed by atoms with Crippen molar-refractivity contribution in [2.75, 3.05) is 13.1 Å². The highest BCUT2D eigenvalue weighted by molar-refractivity contribution is 5.94. The van der Waals surface area contributed by atoms with Crippen molar-refractivity contribution in [3.63, 3.8) is 0 Å². The molecule has 1 amide bonds. The molecule has 1 saturated heterocycles. The maximum atomic E-state index is 13.2. The number of fused-ring (bicyclic) bond motifs is 1. The lowest BCUT2D eigenvalue weighted by Gasteiger charge is -2.08. The summed E-state index contributed by atoms with van der Waals surface area (Å²) in [7, 11) is 0. The first-order valence-electron chi connectivity index (χ1n) is 5.94. The Kier molecular flexibility index (Phi) is 3.59. The van der Waals surface area contributed by atoms with Crippen molar-refractivity contribution in [1.29, 1.82) is 0 Å². The Morgan fingerprint density at radius 1 is 1.33 bits per heavy atom. The zero-order chi connectivity index (χ0) is 12.0. The molecule has 1 aromatic carbocycles. The third kappa shape index (κ3) is 2.35. The third-order valence-electron chi connectivity index (χ3n) is 3.69. The van der Waals surface area contributed by atoms with Crippen LogP contribution in [-0.4, -0.2) is 25.0 Å². The number of piperidine rings is 1. The van der Waals surface area contributed by atoms with E-state index in [1.807, 2.05) is 0 Å². The highest BCUT2D eigenvalue weighted by Crippen LogP contribution is 2.41. The molecule has 1 aliphatic heterocycles. The molecule has 5 heteroatoms. The minimum absolute atomic E-state index is 0. The molecule has 2 unspecified atom stereocenters. The van der Waals surface area contributed by atoms with Crippen molar-refractivity contribution in [3.05, 3.63) is 35.1 Å². The van der Waals surface area contributed by atoms with Crippen molar-refractivity contribution in [1.82, 2.24) is 10.6 Å². The summed E-state index contributed by atoms with van der Waals surface area (Å²) in [5, 5.41) is 6.25.